The zero-order valence-corrected chi connectivity index (χ0v) is 12.7. The summed E-state index contributed by atoms with van der Waals surface area (Å²) in [5, 5.41) is 4.78. The van der Waals surface area contributed by atoms with Gasteiger partial charge in [0.1, 0.15) is 5.56 Å². The smallest absolute Gasteiger partial charge is 0.263 e. The molecule has 0 spiro atoms. The molecule has 0 aromatic carbocycles. The van der Waals surface area contributed by atoms with Gasteiger partial charge in [-0.3, -0.25) is 9.59 Å². The summed E-state index contributed by atoms with van der Waals surface area (Å²) in [5.41, 5.74) is 1.91. The molecule has 0 unspecified atom stereocenters. The van der Waals surface area contributed by atoms with Crippen molar-refractivity contribution in [2.75, 3.05) is 0 Å². The van der Waals surface area contributed by atoms with Gasteiger partial charge < -0.3 is 14.3 Å². The number of pyridine rings is 1. The van der Waals surface area contributed by atoms with Crippen molar-refractivity contribution < 1.29 is 9.21 Å². The Morgan fingerprint density at radius 3 is 3.00 bits per heavy atom. The molecule has 0 saturated carbocycles. The first kappa shape index (κ1) is 14.3. The van der Waals surface area contributed by atoms with Crippen LogP contribution in [0.5, 0.6) is 0 Å². The second-order valence-electron chi connectivity index (χ2n) is 4.83. The Morgan fingerprint density at radius 2 is 2.23 bits per heavy atom. The van der Waals surface area contributed by atoms with Crippen LogP contribution in [0.25, 0.3) is 11.1 Å². The number of aryl methyl sites for hydroxylation is 1. The van der Waals surface area contributed by atoms with Crippen molar-refractivity contribution in [3.8, 4) is 11.1 Å². The summed E-state index contributed by atoms with van der Waals surface area (Å²) in [6.07, 6.45) is 4.92. The molecule has 112 valence electrons. The van der Waals surface area contributed by atoms with Crippen molar-refractivity contribution in [3.05, 3.63) is 69.2 Å². The highest BCUT2D eigenvalue weighted by Crippen LogP contribution is 2.25. The molecule has 1 amide bonds. The molecule has 0 aliphatic heterocycles. The van der Waals surface area contributed by atoms with E-state index in [0.717, 1.165) is 16.0 Å². The number of thiophene rings is 1. The van der Waals surface area contributed by atoms with Gasteiger partial charge in [0.15, 0.2) is 0 Å². The third kappa shape index (κ3) is 2.87. The molecule has 0 atom stereocenters. The van der Waals surface area contributed by atoms with Crippen molar-refractivity contribution >= 4 is 17.2 Å². The number of hydrogen-bond acceptors (Lipinski definition) is 4. The molecule has 0 fully saturated rings. The van der Waals surface area contributed by atoms with Crippen LogP contribution >= 0.6 is 11.3 Å². The monoisotopic (exact) mass is 314 g/mol. The Bertz CT molecular complexity index is 846. The molecule has 3 aromatic heterocycles. The van der Waals surface area contributed by atoms with Crippen LogP contribution in [0.4, 0.5) is 0 Å². The summed E-state index contributed by atoms with van der Waals surface area (Å²) in [6.45, 7) is 0.388. The molecule has 0 aliphatic carbocycles. The predicted molar refractivity (Wildman–Crippen MR) is 84.9 cm³/mol. The first-order valence-electron chi connectivity index (χ1n) is 6.69. The summed E-state index contributed by atoms with van der Waals surface area (Å²) < 4.78 is 6.44. The third-order valence-electron chi connectivity index (χ3n) is 3.30. The molecule has 0 bridgehead atoms. The van der Waals surface area contributed by atoms with Gasteiger partial charge in [-0.15, -0.1) is 11.3 Å². The van der Waals surface area contributed by atoms with Crippen molar-refractivity contribution in [1.82, 2.24) is 9.88 Å². The Morgan fingerprint density at radius 1 is 1.36 bits per heavy atom. The molecule has 3 rings (SSSR count). The standard InChI is InChI=1S/C16H14N2O3S/c1-18-5-2-3-14(16(18)20)15(19)17-8-13-7-12(10-22-13)11-4-6-21-9-11/h2-7,9-10H,8H2,1H3,(H,17,19). The molecular weight excluding hydrogens is 300 g/mol. The topological polar surface area (TPSA) is 64.2 Å². The molecule has 5 nitrogen and oxygen atoms in total. The number of carbonyl (C=O) groups is 1. The van der Waals surface area contributed by atoms with Gasteiger partial charge >= 0.3 is 0 Å². The number of nitrogens with one attached hydrogen (secondary N) is 1. The van der Waals surface area contributed by atoms with Crippen LogP contribution in [0.3, 0.4) is 0 Å². The van der Waals surface area contributed by atoms with Crippen LogP contribution in [0.2, 0.25) is 0 Å². The van der Waals surface area contributed by atoms with Crippen LogP contribution in [-0.4, -0.2) is 10.5 Å². The normalized spacial score (nSPS) is 10.6. The highest BCUT2D eigenvalue weighted by atomic mass is 32.1. The zero-order valence-electron chi connectivity index (χ0n) is 11.9. The van der Waals surface area contributed by atoms with Gasteiger partial charge in [-0.1, -0.05) is 0 Å². The Labute approximate surface area is 130 Å². The van der Waals surface area contributed by atoms with E-state index in [2.05, 4.69) is 5.32 Å². The van der Waals surface area contributed by atoms with Gasteiger partial charge in [-0.05, 0) is 35.2 Å². The molecule has 1 N–H and O–H groups in total. The molecule has 3 aromatic rings. The highest BCUT2D eigenvalue weighted by molar-refractivity contribution is 7.10. The largest absolute Gasteiger partial charge is 0.472 e. The maximum absolute atomic E-state index is 12.1. The van der Waals surface area contributed by atoms with E-state index in [1.54, 1.807) is 43.2 Å². The third-order valence-corrected chi connectivity index (χ3v) is 4.24. The number of rotatable bonds is 4. The average Bonchev–Trinajstić information content (AvgIpc) is 3.18. The average molecular weight is 314 g/mol. The SMILES string of the molecule is Cn1cccc(C(=O)NCc2cc(-c3ccoc3)cs2)c1=O. The number of amides is 1. The van der Waals surface area contributed by atoms with E-state index in [1.807, 2.05) is 17.5 Å². The van der Waals surface area contributed by atoms with E-state index in [0.29, 0.717) is 6.54 Å². The second-order valence-corrected chi connectivity index (χ2v) is 5.83. The minimum atomic E-state index is -0.362. The van der Waals surface area contributed by atoms with Gasteiger partial charge in [0.05, 0.1) is 19.1 Å². The maximum atomic E-state index is 12.1. The van der Waals surface area contributed by atoms with E-state index >= 15 is 0 Å². The Balaban J connectivity index is 1.69. The lowest BCUT2D eigenvalue weighted by Crippen LogP contribution is -2.31. The lowest BCUT2D eigenvalue weighted by Gasteiger charge is -2.04. The van der Waals surface area contributed by atoms with Crippen LogP contribution in [0, 0.1) is 0 Å². The highest BCUT2D eigenvalue weighted by Gasteiger charge is 2.11. The van der Waals surface area contributed by atoms with Gasteiger partial charge in [0.25, 0.3) is 11.5 Å². The van der Waals surface area contributed by atoms with Gasteiger partial charge in [0, 0.05) is 23.7 Å². The Hall–Kier alpha value is -2.60. The summed E-state index contributed by atoms with van der Waals surface area (Å²) in [6, 6.07) is 7.10. The molecule has 3 heterocycles. The van der Waals surface area contributed by atoms with Crippen molar-refractivity contribution in [1.29, 1.82) is 0 Å². The number of aromatic nitrogens is 1. The first-order valence-corrected chi connectivity index (χ1v) is 7.57. The fraction of sp³-hybridized carbons (Fsp3) is 0.125. The van der Waals surface area contributed by atoms with E-state index in [-0.39, 0.29) is 17.0 Å². The molecule has 22 heavy (non-hydrogen) atoms. The van der Waals surface area contributed by atoms with Crippen LogP contribution in [0.15, 0.2) is 57.6 Å². The second kappa shape index (κ2) is 6.03. The van der Waals surface area contributed by atoms with Crippen molar-refractivity contribution in [3.63, 3.8) is 0 Å². The first-order chi connectivity index (χ1) is 10.6. The van der Waals surface area contributed by atoms with E-state index < -0.39 is 0 Å². The van der Waals surface area contributed by atoms with Crippen molar-refractivity contribution in [2.24, 2.45) is 7.05 Å². The predicted octanol–water partition coefficient (Wildman–Crippen LogP) is 2.64. The fourth-order valence-electron chi connectivity index (χ4n) is 2.09. The summed E-state index contributed by atoms with van der Waals surface area (Å²) in [5.74, 6) is -0.362. The summed E-state index contributed by atoms with van der Waals surface area (Å²) >= 11 is 1.55. The lowest BCUT2D eigenvalue weighted by atomic mass is 10.2. The van der Waals surface area contributed by atoms with Crippen LogP contribution in [0.1, 0.15) is 15.2 Å². The molecule has 0 aliphatic rings. The molecule has 0 radical (unpaired) electrons. The number of furan rings is 1. The molecule has 0 saturated heterocycles. The Kier molecular flexibility index (Phi) is 3.93. The quantitative estimate of drug-likeness (QED) is 0.805. The maximum Gasteiger partial charge on any atom is 0.263 e. The van der Waals surface area contributed by atoms with Crippen LogP contribution in [-0.2, 0) is 13.6 Å². The van der Waals surface area contributed by atoms with E-state index in [4.69, 9.17) is 4.42 Å². The fourth-order valence-corrected chi connectivity index (χ4v) is 2.92. The van der Waals surface area contributed by atoms with Crippen LogP contribution < -0.4 is 10.9 Å². The van der Waals surface area contributed by atoms with Gasteiger partial charge in [-0.2, -0.15) is 0 Å². The minimum absolute atomic E-state index is 0.150. The van der Waals surface area contributed by atoms with Gasteiger partial charge in [0.2, 0.25) is 0 Å². The van der Waals surface area contributed by atoms with Gasteiger partial charge in [-0.25, -0.2) is 0 Å². The zero-order chi connectivity index (χ0) is 15.5. The van der Waals surface area contributed by atoms with Crippen molar-refractivity contribution in [2.45, 2.75) is 6.54 Å². The molecular formula is C16H14N2O3S. The number of hydrogen-bond donors (Lipinski definition) is 1. The minimum Gasteiger partial charge on any atom is -0.472 e. The number of carbonyl (C=O) groups excluding carboxylic acids is 1. The van der Waals surface area contributed by atoms with E-state index in [9.17, 15) is 9.59 Å². The summed E-state index contributed by atoms with van der Waals surface area (Å²) in [7, 11) is 1.62. The number of nitrogens with zero attached hydrogens (tertiary/aromatic N) is 1. The molecule has 6 heteroatoms. The van der Waals surface area contributed by atoms with E-state index in [1.165, 1.54) is 10.6 Å². The summed E-state index contributed by atoms with van der Waals surface area (Å²) in [4.78, 5) is 25.0. The lowest BCUT2D eigenvalue weighted by molar-refractivity contribution is 0.0949.